The van der Waals surface area contributed by atoms with E-state index < -0.39 is 0 Å². The summed E-state index contributed by atoms with van der Waals surface area (Å²) in [7, 11) is 0. The summed E-state index contributed by atoms with van der Waals surface area (Å²) in [4.78, 5) is 11.1. The monoisotopic (exact) mass is 164 g/mol. The molecule has 0 aromatic carbocycles. The van der Waals surface area contributed by atoms with Crippen molar-refractivity contribution in [2.24, 2.45) is 0 Å². The Morgan fingerprint density at radius 3 is 3.00 bits per heavy atom. The molecule has 2 heterocycles. The average molecular weight is 164 g/mol. The molecular formula is C9H12N2O. The summed E-state index contributed by atoms with van der Waals surface area (Å²) in [5, 5.41) is 0. The fourth-order valence-electron chi connectivity index (χ4n) is 1.73. The number of nitrogens with two attached hydrogens (primary N) is 1. The molecule has 2 N–H and O–H groups in total. The number of hydrogen-bond acceptors (Lipinski definition) is 2. The van der Waals surface area contributed by atoms with Gasteiger partial charge in [0.2, 0.25) is 0 Å². The molecule has 1 aliphatic heterocycles. The van der Waals surface area contributed by atoms with Crippen LogP contribution in [0.4, 0.5) is 5.82 Å². The van der Waals surface area contributed by atoms with Gasteiger partial charge in [0.1, 0.15) is 5.82 Å². The summed E-state index contributed by atoms with van der Waals surface area (Å²) in [5.41, 5.74) is 6.82. The minimum Gasteiger partial charge on any atom is -0.385 e. The first-order valence-electron chi connectivity index (χ1n) is 4.26. The van der Waals surface area contributed by atoms with Crippen molar-refractivity contribution in [2.75, 3.05) is 5.73 Å². The highest BCUT2D eigenvalue weighted by molar-refractivity contribution is 5.32. The van der Waals surface area contributed by atoms with Gasteiger partial charge in [-0.1, -0.05) is 0 Å². The van der Waals surface area contributed by atoms with Crippen LogP contribution in [-0.4, -0.2) is 4.57 Å². The number of rotatable bonds is 0. The largest absolute Gasteiger partial charge is 0.385 e. The molecule has 0 atom stereocenters. The first-order chi connectivity index (χ1) is 5.77. The Morgan fingerprint density at radius 1 is 1.33 bits per heavy atom. The van der Waals surface area contributed by atoms with Crippen LogP contribution in [0.2, 0.25) is 0 Å². The third-order valence-electron chi connectivity index (χ3n) is 2.32. The lowest BCUT2D eigenvalue weighted by molar-refractivity contribution is 0.530. The van der Waals surface area contributed by atoms with Crippen molar-refractivity contribution in [3.8, 4) is 0 Å². The zero-order chi connectivity index (χ0) is 8.55. The van der Waals surface area contributed by atoms with Crippen molar-refractivity contribution in [3.05, 3.63) is 28.0 Å². The van der Waals surface area contributed by atoms with Gasteiger partial charge >= 0.3 is 0 Å². The Labute approximate surface area is 70.8 Å². The number of fused-ring (bicyclic) bond motifs is 1. The quantitative estimate of drug-likeness (QED) is 0.615. The van der Waals surface area contributed by atoms with Crippen molar-refractivity contribution < 1.29 is 0 Å². The van der Waals surface area contributed by atoms with E-state index in [0.29, 0.717) is 5.82 Å². The van der Waals surface area contributed by atoms with E-state index in [-0.39, 0.29) is 5.43 Å². The van der Waals surface area contributed by atoms with Crippen molar-refractivity contribution in [1.82, 2.24) is 4.57 Å². The predicted octanol–water partition coefficient (Wildman–Crippen LogP) is 0.767. The van der Waals surface area contributed by atoms with Gasteiger partial charge < -0.3 is 10.3 Å². The minimum absolute atomic E-state index is 0.0284. The lowest BCUT2D eigenvalue weighted by Gasteiger charge is -2.20. The highest BCUT2D eigenvalue weighted by atomic mass is 16.1. The summed E-state index contributed by atoms with van der Waals surface area (Å²) in [6.07, 6.45) is 3.32. The molecule has 1 aliphatic rings. The Bertz CT molecular complexity index is 354. The number of nitrogens with zero attached hydrogens (tertiary/aromatic N) is 1. The number of aryl methyl sites for hydroxylation is 1. The fourth-order valence-corrected chi connectivity index (χ4v) is 1.73. The first-order valence-corrected chi connectivity index (χ1v) is 4.26. The Morgan fingerprint density at radius 2 is 2.17 bits per heavy atom. The third-order valence-corrected chi connectivity index (χ3v) is 2.32. The van der Waals surface area contributed by atoms with Crippen LogP contribution in [0, 0.1) is 0 Å². The zero-order valence-electron chi connectivity index (χ0n) is 6.92. The van der Waals surface area contributed by atoms with Gasteiger partial charge in [-0.3, -0.25) is 4.79 Å². The Balaban J connectivity index is 2.60. The van der Waals surface area contributed by atoms with E-state index in [9.17, 15) is 4.79 Å². The molecule has 0 saturated heterocycles. The summed E-state index contributed by atoms with van der Waals surface area (Å²) < 4.78 is 2.03. The van der Waals surface area contributed by atoms with Crippen molar-refractivity contribution in [3.63, 3.8) is 0 Å². The molecule has 0 spiro atoms. The standard InChI is InChI=1S/C9H12N2O/c10-9-6-8(12)5-7-3-1-2-4-11(7)9/h5-6H,1-4,10H2. The zero-order valence-corrected chi connectivity index (χ0v) is 6.92. The van der Waals surface area contributed by atoms with E-state index in [1.165, 1.54) is 18.9 Å². The minimum atomic E-state index is 0.0284. The van der Waals surface area contributed by atoms with Gasteiger partial charge in [0.15, 0.2) is 5.43 Å². The molecule has 0 unspecified atom stereocenters. The summed E-state index contributed by atoms with van der Waals surface area (Å²) in [6.45, 7) is 0.960. The number of pyridine rings is 1. The maximum Gasteiger partial charge on any atom is 0.183 e. The van der Waals surface area contributed by atoms with Gasteiger partial charge in [-0.15, -0.1) is 0 Å². The van der Waals surface area contributed by atoms with Crippen LogP contribution in [0.25, 0.3) is 0 Å². The molecule has 12 heavy (non-hydrogen) atoms. The molecule has 0 fully saturated rings. The van der Waals surface area contributed by atoms with E-state index in [0.717, 1.165) is 18.7 Å². The second-order valence-electron chi connectivity index (χ2n) is 3.22. The molecule has 3 nitrogen and oxygen atoms in total. The maximum absolute atomic E-state index is 11.1. The molecule has 1 aromatic rings. The molecule has 0 radical (unpaired) electrons. The van der Waals surface area contributed by atoms with Crippen molar-refractivity contribution >= 4 is 5.82 Å². The second-order valence-corrected chi connectivity index (χ2v) is 3.22. The molecule has 0 aliphatic carbocycles. The smallest absolute Gasteiger partial charge is 0.183 e. The van der Waals surface area contributed by atoms with Crippen LogP contribution in [0.5, 0.6) is 0 Å². The third kappa shape index (κ3) is 1.11. The molecule has 0 amide bonds. The topological polar surface area (TPSA) is 48.0 Å². The molecule has 2 rings (SSSR count). The van der Waals surface area contributed by atoms with Gasteiger partial charge in [0.25, 0.3) is 0 Å². The second kappa shape index (κ2) is 2.66. The number of aromatic nitrogens is 1. The lowest BCUT2D eigenvalue weighted by atomic mass is 10.1. The molecule has 3 heteroatoms. The number of anilines is 1. The van der Waals surface area contributed by atoms with Crippen LogP contribution in [0.3, 0.4) is 0 Å². The van der Waals surface area contributed by atoms with Gasteiger partial charge in [-0.05, 0) is 19.3 Å². The molecular weight excluding hydrogens is 152 g/mol. The molecule has 0 saturated carbocycles. The van der Waals surface area contributed by atoms with E-state index in [2.05, 4.69) is 0 Å². The summed E-state index contributed by atoms with van der Waals surface area (Å²) in [5.74, 6) is 0.609. The first kappa shape index (κ1) is 7.40. The SMILES string of the molecule is Nc1cc(=O)cc2n1CCCC2. The van der Waals surface area contributed by atoms with Gasteiger partial charge in [0.05, 0.1) is 0 Å². The molecule has 1 aromatic heterocycles. The molecule has 0 bridgehead atoms. The summed E-state index contributed by atoms with van der Waals surface area (Å²) >= 11 is 0. The average Bonchev–Trinajstić information content (AvgIpc) is 2.04. The summed E-state index contributed by atoms with van der Waals surface area (Å²) in [6, 6.07) is 3.18. The Kier molecular flexibility index (Phi) is 1.64. The fraction of sp³-hybridized carbons (Fsp3) is 0.444. The van der Waals surface area contributed by atoms with Crippen LogP contribution in [0.1, 0.15) is 18.5 Å². The van der Waals surface area contributed by atoms with Crippen LogP contribution in [-0.2, 0) is 13.0 Å². The normalized spacial score (nSPS) is 15.7. The van der Waals surface area contributed by atoms with Gasteiger partial charge in [-0.25, -0.2) is 0 Å². The van der Waals surface area contributed by atoms with Crippen molar-refractivity contribution in [1.29, 1.82) is 0 Å². The van der Waals surface area contributed by atoms with E-state index in [1.54, 1.807) is 6.07 Å². The van der Waals surface area contributed by atoms with Crippen LogP contribution >= 0.6 is 0 Å². The maximum atomic E-state index is 11.1. The van der Waals surface area contributed by atoms with E-state index in [4.69, 9.17) is 5.73 Å². The van der Waals surface area contributed by atoms with Gasteiger partial charge in [-0.2, -0.15) is 0 Å². The number of nitrogen functional groups attached to an aromatic ring is 1. The predicted molar refractivity (Wildman–Crippen MR) is 48.1 cm³/mol. The van der Waals surface area contributed by atoms with Crippen LogP contribution in [0.15, 0.2) is 16.9 Å². The Hall–Kier alpha value is -1.25. The van der Waals surface area contributed by atoms with E-state index >= 15 is 0 Å². The van der Waals surface area contributed by atoms with Crippen LogP contribution < -0.4 is 11.2 Å². The highest BCUT2D eigenvalue weighted by Gasteiger charge is 2.09. The van der Waals surface area contributed by atoms with Crippen molar-refractivity contribution in [2.45, 2.75) is 25.8 Å². The lowest BCUT2D eigenvalue weighted by Crippen LogP contribution is -2.19. The van der Waals surface area contributed by atoms with E-state index in [1.807, 2.05) is 4.57 Å². The van der Waals surface area contributed by atoms with Gasteiger partial charge in [0, 0.05) is 24.4 Å². The number of hydrogen-bond donors (Lipinski definition) is 1. The highest BCUT2D eigenvalue weighted by Crippen LogP contribution is 2.15. The molecule has 64 valence electrons.